The summed E-state index contributed by atoms with van der Waals surface area (Å²) in [5.74, 6) is -0.404. The van der Waals surface area contributed by atoms with Gasteiger partial charge in [-0.05, 0) is 42.7 Å². The molecule has 0 bridgehead atoms. The second-order valence-corrected chi connectivity index (χ2v) is 4.97. The summed E-state index contributed by atoms with van der Waals surface area (Å²) < 4.78 is 13.6. The van der Waals surface area contributed by atoms with Crippen LogP contribution >= 0.6 is 0 Å². The van der Waals surface area contributed by atoms with E-state index in [1.165, 1.54) is 0 Å². The Labute approximate surface area is 123 Å². The number of aromatic nitrogens is 1. The molecule has 1 aromatic carbocycles. The van der Waals surface area contributed by atoms with E-state index in [1.54, 1.807) is 44.3 Å². The van der Waals surface area contributed by atoms with Crippen LogP contribution in [-0.4, -0.2) is 10.9 Å². The predicted molar refractivity (Wildman–Crippen MR) is 79.2 cm³/mol. The Morgan fingerprint density at radius 3 is 2.57 bits per heavy atom. The number of carbonyl (C=O) groups excluding carboxylic acids is 1. The number of carbonyl (C=O) groups is 1. The van der Waals surface area contributed by atoms with Gasteiger partial charge in [-0.2, -0.15) is 0 Å². The van der Waals surface area contributed by atoms with Crippen molar-refractivity contribution in [2.75, 3.05) is 0 Å². The topological polar surface area (TPSA) is 68.0 Å². The van der Waals surface area contributed by atoms with Crippen molar-refractivity contribution in [1.29, 1.82) is 0 Å². The molecule has 2 aromatic rings. The van der Waals surface area contributed by atoms with Gasteiger partial charge in [0, 0.05) is 24.8 Å². The number of hydrogen-bond donors (Lipinski definition) is 2. The van der Waals surface area contributed by atoms with Crippen LogP contribution in [0.1, 0.15) is 32.7 Å². The van der Waals surface area contributed by atoms with E-state index in [2.05, 4.69) is 10.3 Å². The zero-order chi connectivity index (χ0) is 15.4. The molecule has 3 N–H and O–H groups in total. The van der Waals surface area contributed by atoms with E-state index in [0.29, 0.717) is 28.9 Å². The molecule has 0 atom stereocenters. The average Bonchev–Trinajstić information content (AvgIpc) is 2.50. The van der Waals surface area contributed by atoms with E-state index >= 15 is 0 Å². The number of rotatable bonds is 4. The van der Waals surface area contributed by atoms with Gasteiger partial charge in [-0.25, -0.2) is 4.39 Å². The van der Waals surface area contributed by atoms with Crippen LogP contribution in [0.4, 0.5) is 4.39 Å². The Morgan fingerprint density at radius 2 is 1.95 bits per heavy atom. The van der Waals surface area contributed by atoms with Crippen LogP contribution in [0.3, 0.4) is 0 Å². The van der Waals surface area contributed by atoms with Crippen molar-refractivity contribution < 1.29 is 9.18 Å². The number of benzene rings is 1. The normalized spacial score (nSPS) is 10.5. The number of halogens is 1. The van der Waals surface area contributed by atoms with Crippen molar-refractivity contribution in [3.8, 4) is 0 Å². The summed E-state index contributed by atoms with van der Waals surface area (Å²) in [5, 5.41) is 2.81. The summed E-state index contributed by atoms with van der Waals surface area (Å²) >= 11 is 0. The Balaban J connectivity index is 2.07. The van der Waals surface area contributed by atoms with Crippen LogP contribution in [0.5, 0.6) is 0 Å². The van der Waals surface area contributed by atoms with Gasteiger partial charge >= 0.3 is 0 Å². The van der Waals surface area contributed by atoms with Crippen molar-refractivity contribution in [3.63, 3.8) is 0 Å². The fourth-order valence-electron chi connectivity index (χ4n) is 2.15. The van der Waals surface area contributed by atoms with Crippen molar-refractivity contribution in [2.24, 2.45) is 5.73 Å². The van der Waals surface area contributed by atoms with Crippen LogP contribution in [0.25, 0.3) is 0 Å². The predicted octanol–water partition coefficient (Wildman–Crippen LogP) is 2.23. The summed E-state index contributed by atoms with van der Waals surface area (Å²) in [6.45, 7) is 4.06. The number of nitrogens with zero attached hydrogens (tertiary/aromatic N) is 1. The molecular weight excluding hydrogens is 269 g/mol. The molecular formula is C16H18FN3O. The average molecular weight is 287 g/mol. The van der Waals surface area contributed by atoms with Crippen molar-refractivity contribution in [3.05, 3.63) is 64.2 Å². The molecule has 1 heterocycles. The maximum Gasteiger partial charge on any atom is 0.251 e. The second kappa shape index (κ2) is 6.45. The number of nitrogens with one attached hydrogen (secondary N) is 1. The van der Waals surface area contributed by atoms with Crippen LogP contribution < -0.4 is 11.1 Å². The van der Waals surface area contributed by atoms with E-state index in [-0.39, 0.29) is 18.3 Å². The zero-order valence-corrected chi connectivity index (χ0v) is 12.1. The molecule has 1 aromatic heterocycles. The lowest BCUT2D eigenvalue weighted by Gasteiger charge is -2.09. The molecule has 0 radical (unpaired) electrons. The van der Waals surface area contributed by atoms with E-state index in [4.69, 9.17) is 5.73 Å². The SMILES string of the molecule is Cc1cc(CNC(=O)c2ccnc(CN)c2)cc(C)c1F. The largest absolute Gasteiger partial charge is 0.348 e. The monoisotopic (exact) mass is 287 g/mol. The fourth-order valence-corrected chi connectivity index (χ4v) is 2.15. The van der Waals surface area contributed by atoms with Crippen LogP contribution in [-0.2, 0) is 13.1 Å². The maximum absolute atomic E-state index is 13.6. The van der Waals surface area contributed by atoms with Gasteiger partial charge in [0.25, 0.3) is 5.91 Å². The third kappa shape index (κ3) is 3.64. The number of pyridine rings is 1. The first kappa shape index (κ1) is 15.1. The first-order valence-corrected chi connectivity index (χ1v) is 6.70. The van der Waals surface area contributed by atoms with Gasteiger partial charge in [0.15, 0.2) is 0 Å². The van der Waals surface area contributed by atoms with Crippen LogP contribution in [0, 0.1) is 19.7 Å². The molecule has 2 rings (SSSR count). The van der Waals surface area contributed by atoms with E-state index in [0.717, 1.165) is 5.56 Å². The fraction of sp³-hybridized carbons (Fsp3) is 0.250. The summed E-state index contributed by atoms with van der Waals surface area (Å²) in [5.41, 5.74) is 8.70. The van der Waals surface area contributed by atoms with E-state index in [9.17, 15) is 9.18 Å². The standard InChI is InChI=1S/C16H18FN3O/c1-10-5-12(6-11(2)15(10)17)9-20-16(21)13-3-4-19-14(7-13)8-18/h3-7H,8-9,18H2,1-2H3,(H,20,21). The summed E-state index contributed by atoms with van der Waals surface area (Å²) in [6, 6.07) is 6.77. The summed E-state index contributed by atoms with van der Waals surface area (Å²) in [4.78, 5) is 16.1. The molecule has 4 nitrogen and oxygen atoms in total. The lowest BCUT2D eigenvalue weighted by Crippen LogP contribution is -2.23. The molecule has 0 aliphatic carbocycles. The molecule has 0 unspecified atom stereocenters. The molecule has 21 heavy (non-hydrogen) atoms. The maximum atomic E-state index is 13.6. The summed E-state index contributed by atoms with van der Waals surface area (Å²) in [7, 11) is 0. The second-order valence-electron chi connectivity index (χ2n) is 4.97. The smallest absolute Gasteiger partial charge is 0.251 e. The third-order valence-corrected chi connectivity index (χ3v) is 3.24. The van der Waals surface area contributed by atoms with E-state index < -0.39 is 0 Å². The first-order chi connectivity index (χ1) is 10.0. The zero-order valence-electron chi connectivity index (χ0n) is 12.1. The Bertz CT molecular complexity index is 647. The molecule has 1 amide bonds. The minimum Gasteiger partial charge on any atom is -0.348 e. The highest BCUT2D eigenvalue weighted by atomic mass is 19.1. The first-order valence-electron chi connectivity index (χ1n) is 6.70. The molecule has 5 heteroatoms. The number of nitrogens with two attached hydrogens (primary N) is 1. The van der Waals surface area contributed by atoms with Crippen molar-refractivity contribution in [1.82, 2.24) is 10.3 Å². The number of amides is 1. The minimum absolute atomic E-state index is 0.202. The number of aryl methyl sites for hydroxylation is 2. The molecule has 0 saturated heterocycles. The van der Waals surface area contributed by atoms with Gasteiger partial charge in [0.05, 0.1) is 5.69 Å². The number of hydrogen-bond acceptors (Lipinski definition) is 3. The quantitative estimate of drug-likeness (QED) is 0.906. The minimum atomic E-state index is -0.202. The molecule has 0 aliphatic rings. The highest BCUT2D eigenvalue weighted by Crippen LogP contribution is 2.14. The lowest BCUT2D eigenvalue weighted by molar-refractivity contribution is 0.0950. The molecule has 110 valence electrons. The molecule has 0 saturated carbocycles. The highest BCUT2D eigenvalue weighted by Gasteiger charge is 2.08. The molecule has 0 aliphatic heterocycles. The highest BCUT2D eigenvalue weighted by molar-refractivity contribution is 5.94. The summed E-state index contributed by atoms with van der Waals surface area (Å²) in [6.07, 6.45) is 1.56. The van der Waals surface area contributed by atoms with Gasteiger partial charge in [-0.15, -0.1) is 0 Å². The lowest BCUT2D eigenvalue weighted by atomic mass is 10.1. The van der Waals surface area contributed by atoms with Gasteiger partial charge in [0.1, 0.15) is 5.82 Å². The molecule has 0 spiro atoms. The third-order valence-electron chi connectivity index (χ3n) is 3.24. The Hall–Kier alpha value is -2.27. The van der Waals surface area contributed by atoms with Crippen molar-refractivity contribution >= 4 is 5.91 Å². The Kier molecular flexibility index (Phi) is 4.65. The molecule has 0 fully saturated rings. The Morgan fingerprint density at radius 1 is 1.29 bits per heavy atom. The van der Waals surface area contributed by atoms with Gasteiger partial charge in [0.2, 0.25) is 0 Å². The van der Waals surface area contributed by atoms with Crippen LogP contribution in [0.2, 0.25) is 0 Å². The van der Waals surface area contributed by atoms with Crippen molar-refractivity contribution in [2.45, 2.75) is 26.9 Å². The van der Waals surface area contributed by atoms with E-state index in [1.807, 2.05) is 0 Å². The van der Waals surface area contributed by atoms with Gasteiger partial charge in [-0.3, -0.25) is 9.78 Å². The van der Waals surface area contributed by atoms with Crippen LogP contribution in [0.15, 0.2) is 30.5 Å². The van der Waals surface area contributed by atoms with Gasteiger partial charge < -0.3 is 11.1 Å². The van der Waals surface area contributed by atoms with Gasteiger partial charge in [-0.1, -0.05) is 12.1 Å².